The minimum atomic E-state index is -4.87. The fraction of sp³-hybridized carbons (Fsp3) is 0.818. The molecule has 2 N–H and O–H groups in total. The highest BCUT2D eigenvalue weighted by molar-refractivity contribution is 7.47. The van der Waals surface area contributed by atoms with Gasteiger partial charge in [-0.3, -0.25) is 13.8 Å². The van der Waals surface area contributed by atoms with Crippen LogP contribution in [0.15, 0.2) is 0 Å². The van der Waals surface area contributed by atoms with Crippen LogP contribution < -0.4 is 5.32 Å². The van der Waals surface area contributed by atoms with E-state index in [9.17, 15) is 22.5 Å². The predicted molar refractivity (Wildman–Crippen MR) is 69.5 cm³/mol. The highest BCUT2D eigenvalue weighted by atomic mass is 31.2. The molecule has 0 aromatic heterocycles. The Morgan fingerprint density at radius 2 is 1.77 bits per heavy atom. The van der Waals surface area contributed by atoms with Crippen LogP contribution in [0.5, 0.6) is 0 Å². The second kappa shape index (κ2) is 10.6. The van der Waals surface area contributed by atoms with E-state index in [4.69, 9.17) is 10.2 Å². The summed E-state index contributed by atoms with van der Waals surface area (Å²) in [4.78, 5) is 19.6. The first-order chi connectivity index (χ1) is 10.2. The summed E-state index contributed by atoms with van der Waals surface area (Å²) in [6.45, 7) is -0.340. The molecule has 22 heavy (non-hydrogen) atoms. The zero-order chi connectivity index (χ0) is 17.1. The number of hydrogen-bond acceptors (Lipinski definition) is 5. The lowest BCUT2D eigenvalue weighted by atomic mass is 10.2. The summed E-state index contributed by atoms with van der Waals surface area (Å²) in [6.07, 6.45) is -3.04. The molecule has 0 fully saturated rings. The minimum Gasteiger partial charge on any atom is -0.348 e. The third kappa shape index (κ3) is 11.5. The smallest absolute Gasteiger partial charge is 0.348 e. The largest absolute Gasteiger partial charge is 0.472 e. The number of phosphoric acid groups is 1. The molecule has 0 heterocycles. The number of hydrogen-bond donors (Lipinski definition) is 2. The third-order valence-electron chi connectivity index (χ3n) is 2.34. The van der Waals surface area contributed by atoms with Crippen molar-refractivity contribution in [3.63, 3.8) is 0 Å². The summed E-state index contributed by atoms with van der Waals surface area (Å²) >= 11 is 0. The number of amides is 1. The van der Waals surface area contributed by atoms with Crippen molar-refractivity contribution in [1.29, 1.82) is 5.26 Å². The van der Waals surface area contributed by atoms with Gasteiger partial charge in [0.15, 0.2) is 0 Å². The quantitative estimate of drug-likeness (QED) is 0.439. The van der Waals surface area contributed by atoms with Crippen molar-refractivity contribution < 1.29 is 36.5 Å². The Balaban J connectivity index is 3.53. The standard InChI is InChI=1S/C11H18F3N2O5P/c12-11(13,14)10(17)16-7-3-1-2-4-8-20-22(18,19)21-9-5-6-15/h1-5,7-9H2,(H,16,17)(H,18,19). The van der Waals surface area contributed by atoms with E-state index in [1.165, 1.54) is 0 Å². The van der Waals surface area contributed by atoms with Crippen LogP contribution in [0.1, 0.15) is 32.1 Å². The average Bonchev–Trinajstić information content (AvgIpc) is 2.40. The van der Waals surface area contributed by atoms with Crippen molar-refractivity contribution >= 4 is 13.7 Å². The molecule has 0 bridgehead atoms. The first kappa shape index (κ1) is 20.9. The molecule has 128 valence electrons. The van der Waals surface area contributed by atoms with Crippen LogP contribution >= 0.6 is 7.82 Å². The molecular formula is C11H18F3N2O5P. The van der Waals surface area contributed by atoms with E-state index < -0.39 is 19.9 Å². The number of alkyl halides is 3. The number of unbranched alkanes of at least 4 members (excludes halogenated alkanes) is 3. The summed E-state index contributed by atoms with van der Waals surface area (Å²) in [5, 5.41) is 9.97. The first-order valence-corrected chi connectivity index (χ1v) is 8.02. The number of rotatable bonds is 11. The SMILES string of the molecule is N#CCCOP(=O)(O)OCCCCCCNC(=O)C(F)(F)F. The summed E-state index contributed by atoms with van der Waals surface area (Å²) in [5.41, 5.74) is 0. The Morgan fingerprint density at radius 1 is 1.18 bits per heavy atom. The summed E-state index contributed by atoms with van der Waals surface area (Å²) in [6, 6.07) is 1.74. The number of nitrogens with one attached hydrogen (secondary N) is 1. The number of halogens is 3. The topological polar surface area (TPSA) is 109 Å². The van der Waals surface area contributed by atoms with Crippen LogP contribution in [-0.2, 0) is 18.4 Å². The Bertz CT molecular complexity index is 425. The first-order valence-electron chi connectivity index (χ1n) is 6.53. The van der Waals surface area contributed by atoms with Gasteiger partial charge in [0.05, 0.1) is 25.7 Å². The van der Waals surface area contributed by atoms with Gasteiger partial charge in [-0.2, -0.15) is 18.4 Å². The van der Waals surface area contributed by atoms with Crippen LogP contribution in [0.2, 0.25) is 0 Å². The maximum absolute atomic E-state index is 11.8. The van der Waals surface area contributed by atoms with Gasteiger partial charge in [0.1, 0.15) is 0 Å². The third-order valence-corrected chi connectivity index (χ3v) is 3.35. The van der Waals surface area contributed by atoms with Gasteiger partial charge in [0, 0.05) is 6.54 Å². The molecule has 1 atom stereocenters. The monoisotopic (exact) mass is 346 g/mol. The van der Waals surface area contributed by atoms with Crippen molar-refractivity contribution in [2.24, 2.45) is 0 Å². The summed E-state index contributed by atoms with van der Waals surface area (Å²) < 4.78 is 55.9. The number of nitrogens with zero attached hydrogens (tertiary/aromatic N) is 1. The maximum atomic E-state index is 11.8. The lowest BCUT2D eigenvalue weighted by molar-refractivity contribution is -0.173. The van der Waals surface area contributed by atoms with Crippen molar-refractivity contribution in [1.82, 2.24) is 5.32 Å². The van der Waals surface area contributed by atoms with E-state index in [-0.39, 0.29) is 26.2 Å². The molecule has 0 radical (unpaired) electrons. The molecule has 11 heteroatoms. The van der Waals surface area contributed by atoms with E-state index in [1.807, 2.05) is 0 Å². The van der Waals surface area contributed by atoms with Gasteiger partial charge in [0.25, 0.3) is 0 Å². The van der Waals surface area contributed by atoms with Gasteiger partial charge >= 0.3 is 19.9 Å². The van der Waals surface area contributed by atoms with Gasteiger partial charge in [-0.05, 0) is 12.8 Å². The highest BCUT2D eigenvalue weighted by Gasteiger charge is 2.38. The molecule has 0 aromatic carbocycles. The maximum Gasteiger partial charge on any atom is 0.472 e. The average molecular weight is 346 g/mol. The van der Waals surface area contributed by atoms with Crippen molar-refractivity contribution in [3.05, 3.63) is 0 Å². The van der Waals surface area contributed by atoms with E-state index in [2.05, 4.69) is 9.05 Å². The van der Waals surface area contributed by atoms with Crippen LogP contribution in [0.3, 0.4) is 0 Å². The van der Waals surface area contributed by atoms with Crippen molar-refractivity contribution in [2.45, 2.75) is 38.3 Å². The molecule has 1 amide bonds. The molecule has 7 nitrogen and oxygen atoms in total. The zero-order valence-corrected chi connectivity index (χ0v) is 12.7. The van der Waals surface area contributed by atoms with E-state index in [1.54, 1.807) is 11.4 Å². The Labute approximate surface area is 126 Å². The fourth-order valence-electron chi connectivity index (χ4n) is 1.31. The number of phosphoric ester groups is 1. The zero-order valence-electron chi connectivity index (χ0n) is 11.8. The molecule has 0 aliphatic carbocycles. The van der Waals surface area contributed by atoms with Gasteiger partial charge < -0.3 is 10.2 Å². The molecule has 0 aromatic rings. The predicted octanol–water partition coefficient (Wildman–Crippen LogP) is 2.27. The Morgan fingerprint density at radius 3 is 2.36 bits per heavy atom. The fourth-order valence-corrected chi connectivity index (χ4v) is 2.06. The molecule has 0 saturated carbocycles. The van der Waals surface area contributed by atoms with Gasteiger partial charge in [-0.25, -0.2) is 4.57 Å². The normalized spacial score (nSPS) is 14.1. The van der Waals surface area contributed by atoms with Crippen LogP contribution in [0.4, 0.5) is 13.2 Å². The Hall–Kier alpha value is -1.14. The number of carbonyl (C=O) groups excluding carboxylic acids is 1. The van der Waals surface area contributed by atoms with E-state index in [0.717, 1.165) is 0 Å². The van der Waals surface area contributed by atoms with Crippen molar-refractivity contribution in [3.8, 4) is 6.07 Å². The van der Waals surface area contributed by atoms with Gasteiger partial charge in [-0.15, -0.1) is 0 Å². The second-order valence-corrected chi connectivity index (χ2v) is 5.66. The molecule has 0 rings (SSSR count). The highest BCUT2D eigenvalue weighted by Crippen LogP contribution is 2.43. The van der Waals surface area contributed by atoms with Crippen LogP contribution in [0, 0.1) is 11.3 Å². The van der Waals surface area contributed by atoms with Crippen molar-refractivity contribution in [2.75, 3.05) is 19.8 Å². The Kier molecular flexibility index (Phi) is 10.0. The second-order valence-electron chi connectivity index (χ2n) is 4.21. The molecule has 0 saturated heterocycles. The number of carbonyl (C=O) groups is 1. The molecule has 0 spiro atoms. The van der Waals surface area contributed by atoms with E-state index >= 15 is 0 Å². The minimum absolute atomic E-state index is 0.0302. The van der Waals surface area contributed by atoms with Crippen LogP contribution in [-0.4, -0.2) is 36.7 Å². The van der Waals surface area contributed by atoms with Gasteiger partial charge in [0.2, 0.25) is 0 Å². The molecule has 1 unspecified atom stereocenters. The van der Waals surface area contributed by atoms with Gasteiger partial charge in [-0.1, -0.05) is 12.8 Å². The summed E-state index contributed by atoms with van der Waals surface area (Å²) in [7, 11) is -4.15. The lowest BCUT2D eigenvalue weighted by Crippen LogP contribution is -2.37. The summed E-state index contributed by atoms with van der Waals surface area (Å²) in [5.74, 6) is -1.97. The molecular weight excluding hydrogens is 328 g/mol. The lowest BCUT2D eigenvalue weighted by Gasteiger charge is -2.11. The van der Waals surface area contributed by atoms with E-state index in [0.29, 0.717) is 25.7 Å². The molecule has 0 aliphatic heterocycles. The molecule has 0 aliphatic rings. The van der Waals surface area contributed by atoms with Crippen LogP contribution in [0.25, 0.3) is 0 Å². The number of nitriles is 1.